The summed E-state index contributed by atoms with van der Waals surface area (Å²) in [4.78, 5) is 14.6. The van der Waals surface area contributed by atoms with E-state index in [2.05, 4.69) is 10.2 Å². The molecule has 1 fully saturated rings. The number of thioether (sulfide) groups is 1. The molecule has 0 bridgehead atoms. The van der Waals surface area contributed by atoms with Gasteiger partial charge in [0.05, 0.1) is 25.0 Å². The molecule has 0 saturated carbocycles. The Morgan fingerprint density at radius 1 is 1.36 bits per heavy atom. The molecule has 4 nitrogen and oxygen atoms in total. The first-order chi connectivity index (χ1) is 10.8. The van der Waals surface area contributed by atoms with E-state index < -0.39 is 0 Å². The van der Waals surface area contributed by atoms with Crippen LogP contribution in [0, 0.1) is 0 Å². The fraction of sp³-hybridized carbons (Fsp3) is 0.438. The minimum atomic E-state index is 0.0817. The van der Waals surface area contributed by atoms with E-state index in [-0.39, 0.29) is 11.9 Å². The standard InChI is InChI=1S/C16H20N2O2S2/c19-16(9-13-2-6-22-12-13)17-10-15(14-1-5-20-11-14)18-3-7-21-8-4-18/h1-2,5-6,11-12,15H,3-4,7-10H2,(H,17,19). The number of amides is 1. The molecule has 2 aromatic rings. The third-order valence-corrected chi connectivity index (χ3v) is 5.53. The minimum Gasteiger partial charge on any atom is -0.472 e. The fourth-order valence-corrected chi connectivity index (χ4v) is 4.26. The lowest BCUT2D eigenvalue weighted by atomic mass is 10.1. The number of carbonyl (C=O) groups is 1. The van der Waals surface area contributed by atoms with Crippen LogP contribution in [0.15, 0.2) is 39.8 Å². The Kier molecular flexibility index (Phi) is 5.58. The summed E-state index contributed by atoms with van der Waals surface area (Å²) < 4.78 is 5.24. The van der Waals surface area contributed by atoms with Gasteiger partial charge in [0, 0.05) is 36.7 Å². The van der Waals surface area contributed by atoms with E-state index in [1.807, 2.05) is 34.7 Å². The highest BCUT2D eigenvalue weighted by atomic mass is 32.2. The Morgan fingerprint density at radius 2 is 2.23 bits per heavy atom. The number of carbonyl (C=O) groups excluding carboxylic acids is 1. The summed E-state index contributed by atoms with van der Waals surface area (Å²) in [6, 6.07) is 4.20. The molecule has 0 aliphatic carbocycles. The van der Waals surface area contributed by atoms with Crippen LogP contribution < -0.4 is 5.32 Å². The maximum Gasteiger partial charge on any atom is 0.224 e. The summed E-state index contributed by atoms with van der Waals surface area (Å²) >= 11 is 3.61. The van der Waals surface area contributed by atoms with Crippen molar-refractivity contribution in [3.63, 3.8) is 0 Å². The van der Waals surface area contributed by atoms with Crippen LogP contribution in [-0.2, 0) is 11.2 Å². The monoisotopic (exact) mass is 336 g/mol. The second-order valence-corrected chi connectivity index (χ2v) is 7.34. The number of hydrogen-bond donors (Lipinski definition) is 1. The summed E-state index contributed by atoms with van der Waals surface area (Å²) in [5.74, 6) is 2.38. The predicted octanol–water partition coefficient (Wildman–Crippen LogP) is 2.79. The zero-order chi connectivity index (χ0) is 15.2. The van der Waals surface area contributed by atoms with Crippen LogP contribution in [0.4, 0.5) is 0 Å². The molecule has 3 rings (SSSR count). The third kappa shape index (κ3) is 4.15. The lowest BCUT2D eigenvalue weighted by molar-refractivity contribution is -0.120. The van der Waals surface area contributed by atoms with Crippen molar-refractivity contribution in [1.29, 1.82) is 0 Å². The van der Waals surface area contributed by atoms with Crippen LogP contribution in [0.3, 0.4) is 0 Å². The van der Waals surface area contributed by atoms with Crippen LogP contribution in [0.1, 0.15) is 17.2 Å². The molecule has 22 heavy (non-hydrogen) atoms. The first-order valence-corrected chi connectivity index (χ1v) is 9.54. The zero-order valence-electron chi connectivity index (χ0n) is 12.4. The van der Waals surface area contributed by atoms with Crippen molar-refractivity contribution in [2.24, 2.45) is 0 Å². The van der Waals surface area contributed by atoms with Crippen molar-refractivity contribution < 1.29 is 9.21 Å². The molecule has 1 aliphatic heterocycles. The zero-order valence-corrected chi connectivity index (χ0v) is 14.0. The van der Waals surface area contributed by atoms with Crippen molar-refractivity contribution in [2.45, 2.75) is 12.5 Å². The third-order valence-electron chi connectivity index (χ3n) is 3.85. The molecule has 1 N–H and O–H groups in total. The van der Waals surface area contributed by atoms with Crippen molar-refractivity contribution in [2.75, 3.05) is 31.1 Å². The van der Waals surface area contributed by atoms with Gasteiger partial charge in [0.25, 0.3) is 0 Å². The smallest absolute Gasteiger partial charge is 0.224 e. The van der Waals surface area contributed by atoms with Gasteiger partial charge in [-0.3, -0.25) is 9.69 Å². The van der Waals surface area contributed by atoms with E-state index in [1.54, 1.807) is 23.9 Å². The number of thiophene rings is 1. The minimum absolute atomic E-state index is 0.0817. The summed E-state index contributed by atoms with van der Waals surface area (Å²) in [5.41, 5.74) is 2.22. The summed E-state index contributed by atoms with van der Waals surface area (Å²) in [6.07, 6.45) is 3.95. The van der Waals surface area contributed by atoms with Crippen molar-refractivity contribution in [1.82, 2.24) is 10.2 Å². The Morgan fingerprint density at radius 3 is 2.91 bits per heavy atom. The van der Waals surface area contributed by atoms with Crippen LogP contribution in [0.25, 0.3) is 0 Å². The van der Waals surface area contributed by atoms with Gasteiger partial charge in [0.15, 0.2) is 0 Å². The van der Waals surface area contributed by atoms with Gasteiger partial charge in [-0.15, -0.1) is 0 Å². The Balaban J connectivity index is 1.59. The van der Waals surface area contributed by atoms with Crippen LogP contribution in [0.2, 0.25) is 0 Å². The van der Waals surface area contributed by atoms with E-state index in [9.17, 15) is 4.79 Å². The number of nitrogens with zero attached hydrogens (tertiary/aromatic N) is 1. The van der Waals surface area contributed by atoms with E-state index in [4.69, 9.17) is 4.42 Å². The highest BCUT2D eigenvalue weighted by Gasteiger charge is 2.23. The fourth-order valence-electron chi connectivity index (χ4n) is 2.66. The first-order valence-electron chi connectivity index (χ1n) is 7.44. The van der Waals surface area contributed by atoms with Crippen LogP contribution >= 0.6 is 23.1 Å². The molecule has 1 unspecified atom stereocenters. The maximum atomic E-state index is 12.1. The topological polar surface area (TPSA) is 45.5 Å². The van der Waals surface area contributed by atoms with Crippen molar-refractivity contribution in [3.8, 4) is 0 Å². The molecule has 0 spiro atoms. The van der Waals surface area contributed by atoms with Gasteiger partial charge in [-0.1, -0.05) is 0 Å². The Bertz CT molecular complexity index is 563. The van der Waals surface area contributed by atoms with E-state index >= 15 is 0 Å². The Labute approximate surface area is 138 Å². The number of nitrogens with one attached hydrogen (secondary N) is 1. The average molecular weight is 336 g/mol. The van der Waals surface area contributed by atoms with Crippen molar-refractivity contribution in [3.05, 3.63) is 46.5 Å². The van der Waals surface area contributed by atoms with E-state index in [0.717, 1.165) is 35.7 Å². The Hall–Kier alpha value is -1.24. The molecule has 0 aromatic carbocycles. The molecule has 1 saturated heterocycles. The molecule has 2 aromatic heterocycles. The van der Waals surface area contributed by atoms with Gasteiger partial charge >= 0.3 is 0 Å². The first kappa shape index (κ1) is 15.6. The molecule has 1 atom stereocenters. The second kappa shape index (κ2) is 7.85. The van der Waals surface area contributed by atoms with Gasteiger partial charge in [0.2, 0.25) is 5.91 Å². The number of furan rings is 1. The lowest BCUT2D eigenvalue weighted by Crippen LogP contribution is -2.42. The summed E-state index contributed by atoms with van der Waals surface area (Å²) in [5, 5.41) is 7.11. The molecular weight excluding hydrogens is 316 g/mol. The van der Waals surface area contributed by atoms with Gasteiger partial charge in [-0.2, -0.15) is 23.1 Å². The van der Waals surface area contributed by atoms with E-state index in [0.29, 0.717) is 13.0 Å². The van der Waals surface area contributed by atoms with Gasteiger partial charge < -0.3 is 9.73 Å². The molecule has 3 heterocycles. The highest BCUT2D eigenvalue weighted by Crippen LogP contribution is 2.24. The van der Waals surface area contributed by atoms with E-state index in [1.165, 1.54) is 0 Å². The van der Waals surface area contributed by atoms with Gasteiger partial charge in [0.1, 0.15) is 0 Å². The number of rotatable bonds is 6. The molecule has 1 aliphatic rings. The maximum absolute atomic E-state index is 12.1. The normalized spacial score (nSPS) is 17.3. The molecule has 0 radical (unpaired) electrons. The molecule has 6 heteroatoms. The number of hydrogen-bond acceptors (Lipinski definition) is 5. The average Bonchev–Trinajstić information content (AvgIpc) is 3.22. The van der Waals surface area contributed by atoms with Crippen molar-refractivity contribution >= 4 is 29.0 Å². The van der Waals surface area contributed by atoms with Crippen LogP contribution in [-0.4, -0.2) is 41.9 Å². The van der Waals surface area contributed by atoms with Gasteiger partial charge in [-0.25, -0.2) is 0 Å². The molecule has 1 amide bonds. The SMILES string of the molecule is O=C(Cc1ccsc1)NCC(c1ccoc1)N1CCSCC1. The second-order valence-electron chi connectivity index (χ2n) is 5.33. The molecular formula is C16H20N2O2S2. The van der Waals surface area contributed by atoms with Gasteiger partial charge in [-0.05, 0) is 28.5 Å². The highest BCUT2D eigenvalue weighted by molar-refractivity contribution is 7.99. The lowest BCUT2D eigenvalue weighted by Gasteiger charge is -2.34. The summed E-state index contributed by atoms with van der Waals surface area (Å²) in [6.45, 7) is 2.75. The quantitative estimate of drug-likeness (QED) is 0.881. The largest absolute Gasteiger partial charge is 0.472 e. The predicted molar refractivity (Wildman–Crippen MR) is 91.4 cm³/mol. The summed E-state index contributed by atoms with van der Waals surface area (Å²) in [7, 11) is 0. The van der Waals surface area contributed by atoms with Crippen LogP contribution in [0.5, 0.6) is 0 Å². The molecule has 118 valence electrons.